The molecule has 1 aromatic heterocycles. The average Bonchev–Trinajstić information content (AvgIpc) is 3.26. The number of urea groups is 1. The van der Waals surface area contributed by atoms with Crippen LogP contribution in [0.5, 0.6) is 0 Å². The molecule has 8 heteroatoms. The van der Waals surface area contributed by atoms with Gasteiger partial charge in [0.1, 0.15) is 23.0 Å². The highest BCUT2D eigenvalue weighted by Gasteiger charge is 2.33. The smallest absolute Gasteiger partial charge is 0.329 e. The van der Waals surface area contributed by atoms with Gasteiger partial charge in [-0.1, -0.05) is 29.8 Å². The van der Waals surface area contributed by atoms with E-state index in [1.165, 1.54) is 30.3 Å². The zero-order valence-electron chi connectivity index (χ0n) is 14.8. The van der Waals surface area contributed by atoms with E-state index in [1.54, 1.807) is 18.2 Å². The van der Waals surface area contributed by atoms with Crippen molar-refractivity contribution < 1.29 is 18.4 Å². The normalized spacial score (nSPS) is 15.3. The summed E-state index contributed by atoms with van der Waals surface area (Å²) in [6.07, 6.45) is 1.47. The standard InChI is InChI=1S/C21H13BrClFN2O3/c22-16-7-3-13(9-17(16)23)19-8-6-15(29-19)10-18-20(27)26(21(28)25-18)11-12-1-4-14(24)5-2-12/h1-10H,11H2,(H,25,28)/b18-10+. The lowest BCUT2D eigenvalue weighted by molar-refractivity contribution is -0.123. The van der Waals surface area contributed by atoms with Crippen LogP contribution in [-0.4, -0.2) is 16.8 Å². The van der Waals surface area contributed by atoms with E-state index < -0.39 is 11.9 Å². The summed E-state index contributed by atoms with van der Waals surface area (Å²) in [7, 11) is 0. The van der Waals surface area contributed by atoms with E-state index in [0.29, 0.717) is 22.1 Å². The third kappa shape index (κ3) is 4.11. The summed E-state index contributed by atoms with van der Waals surface area (Å²) in [6.45, 7) is 0.0447. The van der Waals surface area contributed by atoms with Crippen LogP contribution in [0.2, 0.25) is 5.02 Å². The number of amides is 3. The Balaban J connectivity index is 1.53. The molecule has 2 aromatic carbocycles. The summed E-state index contributed by atoms with van der Waals surface area (Å²) in [4.78, 5) is 25.8. The molecule has 0 spiro atoms. The van der Waals surface area contributed by atoms with E-state index in [2.05, 4.69) is 21.2 Å². The molecule has 4 rings (SSSR count). The molecule has 1 N–H and O–H groups in total. The third-order valence-electron chi connectivity index (χ3n) is 4.33. The molecule has 3 amide bonds. The Labute approximate surface area is 178 Å². The topological polar surface area (TPSA) is 62.6 Å². The van der Waals surface area contributed by atoms with E-state index in [9.17, 15) is 14.0 Å². The van der Waals surface area contributed by atoms with E-state index in [-0.39, 0.29) is 18.1 Å². The number of rotatable bonds is 4. The lowest BCUT2D eigenvalue weighted by Gasteiger charge is -2.11. The van der Waals surface area contributed by atoms with E-state index in [1.807, 2.05) is 12.1 Å². The molecular formula is C21H13BrClFN2O3. The van der Waals surface area contributed by atoms with Gasteiger partial charge in [-0.25, -0.2) is 9.18 Å². The number of hydrogen-bond donors (Lipinski definition) is 1. The van der Waals surface area contributed by atoms with Crippen LogP contribution in [0.25, 0.3) is 17.4 Å². The first-order valence-corrected chi connectivity index (χ1v) is 9.72. The number of carbonyl (C=O) groups is 2. The second-order valence-electron chi connectivity index (χ2n) is 6.34. The molecule has 1 fully saturated rings. The fourth-order valence-corrected chi connectivity index (χ4v) is 3.29. The van der Waals surface area contributed by atoms with Gasteiger partial charge in [0.15, 0.2) is 0 Å². The van der Waals surface area contributed by atoms with Crippen LogP contribution in [0, 0.1) is 5.82 Å². The van der Waals surface area contributed by atoms with Gasteiger partial charge in [0, 0.05) is 16.1 Å². The molecule has 0 saturated carbocycles. The Kier molecular flexibility index (Phi) is 5.25. The first-order chi connectivity index (χ1) is 13.9. The lowest BCUT2D eigenvalue weighted by atomic mass is 10.2. The first-order valence-electron chi connectivity index (χ1n) is 8.55. The molecule has 0 unspecified atom stereocenters. The lowest BCUT2D eigenvalue weighted by Crippen LogP contribution is -2.30. The van der Waals surface area contributed by atoms with Gasteiger partial charge in [-0.3, -0.25) is 9.69 Å². The summed E-state index contributed by atoms with van der Waals surface area (Å²) in [5.41, 5.74) is 1.53. The van der Waals surface area contributed by atoms with Crippen molar-refractivity contribution in [3.63, 3.8) is 0 Å². The third-order valence-corrected chi connectivity index (χ3v) is 5.57. The van der Waals surface area contributed by atoms with Gasteiger partial charge < -0.3 is 9.73 Å². The number of nitrogens with zero attached hydrogens (tertiary/aromatic N) is 1. The number of halogens is 3. The quantitative estimate of drug-likeness (QED) is 0.395. The predicted octanol–water partition coefficient (Wildman–Crippen LogP) is 5.59. The molecule has 29 heavy (non-hydrogen) atoms. The van der Waals surface area contributed by atoms with E-state index in [4.69, 9.17) is 16.0 Å². The Morgan fingerprint density at radius 3 is 2.59 bits per heavy atom. The molecule has 5 nitrogen and oxygen atoms in total. The Hall–Kier alpha value is -2.90. The monoisotopic (exact) mass is 474 g/mol. The van der Waals surface area contributed by atoms with Crippen molar-refractivity contribution in [3.8, 4) is 11.3 Å². The Bertz CT molecular complexity index is 1140. The molecule has 1 aliphatic heterocycles. The zero-order chi connectivity index (χ0) is 20.5. The number of hydrogen-bond acceptors (Lipinski definition) is 3. The molecule has 2 heterocycles. The van der Waals surface area contributed by atoms with Gasteiger partial charge in [0.25, 0.3) is 5.91 Å². The maximum absolute atomic E-state index is 13.0. The van der Waals surface area contributed by atoms with Crippen molar-refractivity contribution in [1.29, 1.82) is 0 Å². The highest BCUT2D eigenvalue weighted by atomic mass is 79.9. The number of imide groups is 1. The number of furan rings is 1. The Morgan fingerprint density at radius 2 is 1.86 bits per heavy atom. The van der Waals surface area contributed by atoms with Gasteiger partial charge in [-0.15, -0.1) is 0 Å². The van der Waals surface area contributed by atoms with Gasteiger partial charge in [0.2, 0.25) is 0 Å². The second-order valence-corrected chi connectivity index (χ2v) is 7.60. The van der Waals surface area contributed by atoms with Crippen LogP contribution < -0.4 is 5.32 Å². The molecule has 0 radical (unpaired) electrons. The zero-order valence-corrected chi connectivity index (χ0v) is 17.1. The summed E-state index contributed by atoms with van der Waals surface area (Å²) in [6, 6.07) is 13.9. The second kappa shape index (κ2) is 7.85. The summed E-state index contributed by atoms with van der Waals surface area (Å²) < 4.78 is 19.6. The molecule has 0 atom stereocenters. The van der Waals surface area contributed by atoms with Gasteiger partial charge in [-0.05, 0) is 57.9 Å². The highest BCUT2D eigenvalue weighted by Crippen LogP contribution is 2.30. The van der Waals surface area contributed by atoms with Crippen molar-refractivity contribution in [2.45, 2.75) is 6.54 Å². The van der Waals surface area contributed by atoms with Crippen LogP contribution in [-0.2, 0) is 11.3 Å². The van der Waals surface area contributed by atoms with Gasteiger partial charge in [0.05, 0.1) is 11.6 Å². The molecule has 146 valence electrons. The van der Waals surface area contributed by atoms with Crippen molar-refractivity contribution in [2.75, 3.05) is 0 Å². The molecular weight excluding hydrogens is 463 g/mol. The summed E-state index contributed by atoms with van der Waals surface area (Å²) in [5.74, 6) is 0.119. The minimum Gasteiger partial charge on any atom is -0.457 e. The van der Waals surface area contributed by atoms with Crippen LogP contribution >= 0.6 is 27.5 Å². The van der Waals surface area contributed by atoms with E-state index >= 15 is 0 Å². The van der Waals surface area contributed by atoms with Crippen molar-refractivity contribution in [3.05, 3.63) is 86.9 Å². The molecule has 3 aromatic rings. The predicted molar refractivity (Wildman–Crippen MR) is 110 cm³/mol. The van der Waals surface area contributed by atoms with Gasteiger partial charge in [-0.2, -0.15) is 0 Å². The minimum atomic E-state index is -0.544. The minimum absolute atomic E-state index is 0.0447. The number of benzene rings is 2. The van der Waals surface area contributed by atoms with Crippen molar-refractivity contribution in [2.24, 2.45) is 0 Å². The largest absolute Gasteiger partial charge is 0.457 e. The molecule has 1 saturated heterocycles. The van der Waals surface area contributed by atoms with Crippen LogP contribution in [0.1, 0.15) is 11.3 Å². The molecule has 0 aliphatic carbocycles. The first kappa shape index (κ1) is 19.4. The van der Waals surface area contributed by atoms with Crippen LogP contribution in [0.4, 0.5) is 9.18 Å². The highest BCUT2D eigenvalue weighted by molar-refractivity contribution is 9.10. The van der Waals surface area contributed by atoms with Crippen LogP contribution in [0.3, 0.4) is 0 Å². The SMILES string of the molecule is O=C1N/C(=C/c2ccc(-c3ccc(Br)c(Cl)c3)o2)C(=O)N1Cc1ccc(F)cc1. The van der Waals surface area contributed by atoms with Crippen molar-refractivity contribution in [1.82, 2.24) is 10.2 Å². The summed E-state index contributed by atoms with van der Waals surface area (Å²) >= 11 is 9.45. The fourth-order valence-electron chi connectivity index (χ4n) is 2.86. The summed E-state index contributed by atoms with van der Waals surface area (Å²) in [5, 5.41) is 3.09. The van der Waals surface area contributed by atoms with Crippen LogP contribution in [0.15, 0.2) is 69.2 Å². The number of carbonyl (C=O) groups excluding carboxylic acids is 2. The maximum Gasteiger partial charge on any atom is 0.329 e. The average molecular weight is 476 g/mol. The van der Waals surface area contributed by atoms with Crippen molar-refractivity contribution >= 4 is 45.5 Å². The number of nitrogens with one attached hydrogen (secondary N) is 1. The molecule has 0 bridgehead atoms. The molecule has 1 aliphatic rings. The fraction of sp³-hybridized carbons (Fsp3) is 0.0476. The maximum atomic E-state index is 13.0. The Morgan fingerprint density at radius 1 is 1.10 bits per heavy atom. The van der Waals surface area contributed by atoms with E-state index in [0.717, 1.165) is 14.9 Å². The van der Waals surface area contributed by atoms with Gasteiger partial charge >= 0.3 is 6.03 Å².